The van der Waals surface area contributed by atoms with Crippen LogP contribution in [0.4, 0.5) is 10.1 Å². The molecule has 1 aliphatic heterocycles. The van der Waals surface area contributed by atoms with Crippen molar-refractivity contribution < 1.29 is 9.18 Å². The number of aromatic nitrogens is 2. The highest BCUT2D eigenvalue weighted by Crippen LogP contribution is 2.20. The van der Waals surface area contributed by atoms with Crippen LogP contribution in [0.5, 0.6) is 0 Å². The average molecular weight is 314 g/mol. The molecule has 1 aliphatic rings. The van der Waals surface area contributed by atoms with E-state index in [2.05, 4.69) is 9.97 Å². The summed E-state index contributed by atoms with van der Waals surface area (Å²) >= 11 is 0. The summed E-state index contributed by atoms with van der Waals surface area (Å²) in [5.41, 5.74) is 1.58. The second kappa shape index (κ2) is 7.17. The fraction of sp³-hybridized carbons (Fsp3) is 0.353. The van der Waals surface area contributed by atoms with Crippen LogP contribution >= 0.6 is 0 Å². The summed E-state index contributed by atoms with van der Waals surface area (Å²) in [6, 6.07) is 6.76. The Bertz CT molecular complexity index is 657. The number of carbonyl (C=O) groups excluding carboxylic acids is 1. The number of hydrogen-bond acceptors (Lipinski definition) is 4. The molecular weight excluding hydrogens is 295 g/mol. The molecule has 1 fully saturated rings. The summed E-state index contributed by atoms with van der Waals surface area (Å²) < 4.78 is 13.8. The van der Waals surface area contributed by atoms with Crippen molar-refractivity contribution in [3.63, 3.8) is 0 Å². The van der Waals surface area contributed by atoms with E-state index in [0.717, 1.165) is 5.56 Å². The fourth-order valence-corrected chi connectivity index (χ4v) is 2.77. The lowest BCUT2D eigenvalue weighted by atomic mass is 10.1. The maximum Gasteiger partial charge on any atom is 0.223 e. The third-order valence-corrected chi connectivity index (χ3v) is 4.07. The summed E-state index contributed by atoms with van der Waals surface area (Å²) in [6.45, 7) is 2.55. The zero-order chi connectivity index (χ0) is 16.1. The number of rotatable bonds is 4. The molecule has 1 aromatic carbocycles. The Kier molecular flexibility index (Phi) is 4.80. The minimum absolute atomic E-state index is 0.127. The standard InChI is InChI=1S/C17H19FN4O/c18-15-3-1-2-4-16(15)21-7-9-22(10-8-21)17(23)6-5-14-11-19-13-20-12-14/h1-4,11-13H,5-10H2. The number of aryl methyl sites for hydroxylation is 1. The quantitative estimate of drug-likeness (QED) is 0.865. The Morgan fingerprint density at radius 2 is 1.78 bits per heavy atom. The van der Waals surface area contributed by atoms with Gasteiger partial charge in [-0.1, -0.05) is 12.1 Å². The minimum atomic E-state index is -0.212. The van der Waals surface area contributed by atoms with Gasteiger partial charge in [-0.15, -0.1) is 0 Å². The predicted molar refractivity (Wildman–Crippen MR) is 85.5 cm³/mol. The predicted octanol–water partition coefficient (Wildman–Crippen LogP) is 1.90. The van der Waals surface area contributed by atoms with Gasteiger partial charge in [-0.2, -0.15) is 0 Å². The Labute approximate surface area is 134 Å². The number of para-hydroxylation sites is 1. The van der Waals surface area contributed by atoms with Crippen LogP contribution in [-0.2, 0) is 11.2 Å². The van der Waals surface area contributed by atoms with Crippen molar-refractivity contribution in [1.82, 2.24) is 14.9 Å². The molecule has 0 bridgehead atoms. The van der Waals surface area contributed by atoms with E-state index in [4.69, 9.17) is 0 Å². The fourth-order valence-electron chi connectivity index (χ4n) is 2.77. The Morgan fingerprint density at radius 3 is 2.48 bits per heavy atom. The highest BCUT2D eigenvalue weighted by Gasteiger charge is 2.22. The minimum Gasteiger partial charge on any atom is -0.366 e. The number of amides is 1. The molecule has 0 radical (unpaired) electrons. The molecule has 3 rings (SSSR count). The molecule has 6 heteroatoms. The topological polar surface area (TPSA) is 49.3 Å². The van der Waals surface area contributed by atoms with Crippen molar-refractivity contribution in [3.8, 4) is 0 Å². The molecule has 5 nitrogen and oxygen atoms in total. The van der Waals surface area contributed by atoms with E-state index in [1.54, 1.807) is 24.5 Å². The van der Waals surface area contributed by atoms with Crippen LogP contribution < -0.4 is 4.90 Å². The first-order valence-corrected chi connectivity index (χ1v) is 7.75. The molecule has 120 valence electrons. The van der Waals surface area contributed by atoms with Gasteiger partial charge >= 0.3 is 0 Å². The van der Waals surface area contributed by atoms with E-state index >= 15 is 0 Å². The molecule has 2 heterocycles. The van der Waals surface area contributed by atoms with Gasteiger partial charge in [-0.05, 0) is 24.1 Å². The van der Waals surface area contributed by atoms with E-state index in [0.29, 0.717) is 44.7 Å². The van der Waals surface area contributed by atoms with Gasteiger partial charge in [0.2, 0.25) is 5.91 Å². The second-order valence-electron chi connectivity index (χ2n) is 5.57. The normalized spacial score (nSPS) is 14.8. The maximum absolute atomic E-state index is 13.8. The zero-order valence-electron chi connectivity index (χ0n) is 12.9. The molecule has 0 atom stereocenters. The van der Waals surface area contributed by atoms with E-state index in [9.17, 15) is 9.18 Å². The van der Waals surface area contributed by atoms with Crippen molar-refractivity contribution in [2.24, 2.45) is 0 Å². The van der Waals surface area contributed by atoms with Gasteiger partial charge < -0.3 is 9.80 Å². The highest BCUT2D eigenvalue weighted by atomic mass is 19.1. The van der Waals surface area contributed by atoms with Crippen LogP contribution in [0.3, 0.4) is 0 Å². The van der Waals surface area contributed by atoms with Crippen LogP contribution in [0.1, 0.15) is 12.0 Å². The van der Waals surface area contributed by atoms with Crippen molar-refractivity contribution >= 4 is 11.6 Å². The number of benzene rings is 1. The molecule has 0 spiro atoms. The zero-order valence-corrected chi connectivity index (χ0v) is 12.9. The monoisotopic (exact) mass is 314 g/mol. The summed E-state index contributed by atoms with van der Waals surface area (Å²) in [4.78, 5) is 24.0. The van der Waals surface area contributed by atoms with E-state index in [1.807, 2.05) is 15.9 Å². The van der Waals surface area contributed by atoms with Gasteiger partial charge in [0.1, 0.15) is 12.1 Å². The smallest absolute Gasteiger partial charge is 0.223 e. The van der Waals surface area contributed by atoms with Gasteiger partial charge in [0.15, 0.2) is 0 Å². The Hall–Kier alpha value is -2.50. The number of piperazine rings is 1. The number of carbonyl (C=O) groups is 1. The highest BCUT2D eigenvalue weighted by molar-refractivity contribution is 5.76. The number of halogens is 1. The summed E-state index contributed by atoms with van der Waals surface area (Å²) in [6.07, 6.45) is 6.04. The van der Waals surface area contributed by atoms with Crippen molar-refractivity contribution in [2.75, 3.05) is 31.1 Å². The van der Waals surface area contributed by atoms with Crippen LogP contribution in [0.15, 0.2) is 43.0 Å². The molecular formula is C17H19FN4O. The third kappa shape index (κ3) is 3.83. The van der Waals surface area contributed by atoms with Crippen molar-refractivity contribution in [1.29, 1.82) is 0 Å². The van der Waals surface area contributed by atoms with Gasteiger partial charge in [0, 0.05) is 45.0 Å². The molecule has 1 amide bonds. The van der Waals surface area contributed by atoms with Gasteiger partial charge in [0.25, 0.3) is 0 Å². The summed E-state index contributed by atoms with van der Waals surface area (Å²) in [5, 5.41) is 0. The van der Waals surface area contributed by atoms with Crippen molar-refractivity contribution in [2.45, 2.75) is 12.8 Å². The lowest BCUT2D eigenvalue weighted by molar-refractivity contribution is -0.131. The van der Waals surface area contributed by atoms with Crippen LogP contribution in [-0.4, -0.2) is 47.0 Å². The number of anilines is 1. The third-order valence-electron chi connectivity index (χ3n) is 4.07. The molecule has 1 aromatic heterocycles. The van der Waals surface area contributed by atoms with Gasteiger partial charge in [-0.3, -0.25) is 4.79 Å². The Morgan fingerprint density at radius 1 is 1.09 bits per heavy atom. The molecule has 2 aromatic rings. The van der Waals surface area contributed by atoms with Crippen LogP contribution in [0.2, 0.25) is 0 Å². The molecule has 0 unspecified atom stereocenters. The van der Waals surface area contributed by atoms with Crippen molar-refractivity contribution in [3.05, 3.63) is 54.4 Å². The molecule has 0 saturated carbocycles. The molecule has 0 N–H and O–H groups in total. The average Bonchev–Trinajstić information content (AvgIpc) is 2.61. The SMILES string of the molecule is O=C(CCc1cncnc1)N1CCN(c2ccccc2F)CC1. The first kappa shape index (κ1) is 15.4. The maximum atomic E-state index is 13.8. The summed E-state index contributed by atoms with van der Waals surface area (Å²) in [7, 11) is 0. The molecule has 23 heavy (non-hydrogen) atoms. The Balaban J connectivity index is 1.50. The first-order chi connectivity index (χ1) is 11.2. The van der Waals surface area contributed by atoms with E-state index in [1.165, 1.54) is 12.4 Å². The second-order valence-corrected chi connectivity index (χ2v) is 5.57. The summed E-state index contributed by atoms with van der Waals surface area (Å²) in [5.74, 6) is -0.0848. The van der Waals surface area contributed by atoms with Gasteiger partial charge in [-0.25, -0.2) is 14.4 Å². The van der Waals surface area contributed by atoms with Crippen LogP contribution in [0.25, 0.3) is 0 Å². The molecule has 0 aliphatic carbocycles. The lowest BCUT2D eigenvalue weighted by Gasteiger charge is -2.36. The van der Waals surface area contributed by atoms with E-state index < -0.39 is 0 Å². The first-order valence-electron chi connectivity index (χ1n) is 7.75. The van der Waals surface area contributed by atoms with Crippen LogP contribution in [0, 0.1) is 5.82 Å². The number of hydrogen-bond donors (Lipinski definition) is 0. The van der Waals surface area contributed by atoms with E-state index in [-0.39, 0.29) is 11.7 Å². The molecule has 1 saturated heterocycles. The lowest BCUT2D eigenvalue weighted by Crippen LogP contribution is -2.49. The largest absolute Gasteiger partial charge is 0.366 e. The van der Waals surface area contributed by atoms with Gasteiger partial charge in [0.05, 0.1) is 5.69 Å². The number of nitrogens with zero attached hydrogens (tertiary/aromatic N) is 4.